The van der Waals surface area contributed by atoms with E-state index in [2.05, 4.69) is 26.1 Å². The van der Waals surface area contributed by atoms with Crippen LogP contribution in [0.5, 0.6) is 0 Å². The first-order chi connectivity index (χ1) is 7.68. The predicted molar refractivity (Wildman–Crippen MR) is 71.5 cm³/mol. The second kappa shape index (κ2) is 5.67. The molecule has 1 aliphatic rings. The van der Waals surface area contributed by atoms with Gasteiger partial charge in [-0.15, -0.1) is 0 Å². The van der Waals surface area contributed by atoms with Crippen LogP contribution in [0.3, 0.4) is 0 Å². The first-order valence-corrected chi connectivity index (χ1v) is 8.19. The van der Waals surface area contributed by atoms with Crippen molar-refractivity contribution in [1.82, 2.24) is 9.62 Å². The predicted octanol–water partition coefficient (Wildman–Crippen LogP) is 1.29. The van der Waals surface area contributed by atoms with E-state index in [0.717, 1.165) is 25.9 Å². The van der Waals surface area contributed by atoms with Crippen LogP contribution in [-0.4, -0.2) is 45.2 Å². The van der Waals surface area contributed by atoms with Crippen molar-refractivity contribution in [2.75, 3.05) is 32.4 Å². The van der Waals surface area contributed by atoms with Gasteiger partial charge in [-0.3, -0.25) is 0 Å². The van der Waals surface area contributed by atoms with Crippen LogP contribution in [0.1, 0.15) is 33.6 Å². The summed E-state index contributed by atoms with van der Waals surface area (Å²) in [7, 11) is -3.01. The van der Waals surface area contributed by atoms with E-state index in [9.17, 15) is 8.42 Å². The summed E-state index contributed by atoms with van der Waals surface area (Å²) in [5.74, 6) is 0.459. The van der Waals surface area contributed by atoms with E-state index in [-0.39, 0.29) is 5.41 Å². The lowest BCUT2D eigenvalue weighted by atomic mass is 9.95. The van der Waals surface area contributed by atoms with Crippen LogP contribution in [0, 0.1) is 11.3 Å². The molecule has 1 N–H and O–H groups in total. The summed E-state index contributed by atoms with van der Waals surface area (Å²) in [6, 6.07) is 0. The summed E-state index contributed by atoms with van der Waals surface area (Å²) in [5.41, 5.74) is 0.283. The normalized spacial score (nSPS) is 23.9. The summed E-state index contributed by atoms with van der Waals surface area (Å²) >= 11 is 0. The molecule has 1 unspecified atom stereocenters. The third-order valence-electron chi connectivity index (χ3n) is 3.04. The number of hydrogen-bond donors (Lipinski definition) is 1. The highest BCUT2D eigenvalue weighted by Gasteiger charge is 2.25. The molecule has 0 amide bonds. The number of nitrogens with zero attached hydrogens (tertiary/aromatic N) is 1. The zero-order valence-corrected chi connectivity index (χ0v) is 12.3. The Labute approximate surface area is 106 Å². The Bertz CT molecular complexity index is 333. The number of piperidine rings is 1. The van der Waals surface area contributed by atoms with Crippen molar-refractivity contribution in [1.29, 1.82) is 0 Å². The monoisotopic (exact) mass is 262 g/mol. The third kappa shape index (κ3) is 5.84. The summed E-state index contributed by atoms with van der Waals surface area (Å²) in [5, 5.41) is 3.45. The van der Waals surface area contributed by atoms with Crippen molar-refractivity contribution in [2.45, 2.75) is 33.6 Å². The molecule has 5 heteroatoms. The van der Waals surface area contributed by atoms with Gasteiger partial charge in [-0.2, -0.15) is 0 Å². The molecule has 0 aliphatic carbocycles. The Morgan fingerprint density at radius 3 is 2.53 bits per heavy atom. The highest BCUT2D eigenvalue weighted by atomic mass is 32.2. The Morgan fingerprint density at radius 1 is 1.35 bits per heavy atom. The van der Waals surface area contributed by atoms with E-state index < -0.39 is 10.0 Å². The Hall–Kier alpha value is -0.130. The van der Waals surface area contributed by atoms with Gasteiger partial charge in [0, 0.05) is 13.1 Å². The van der Waals surface area contributed by atoms with E-state index in [4.69, 9.17) is 0 Å². The van der Waals surface area contributed by atoms with E-state index >= 15 is 0 Å². The highest BCUT2D eigenvalue weighted by molar-refractivity contribution is 7.88. The molecule has 4 nitrogen and oxygen atoms in total. The Kier molecular flexibility index (Phi) is 4.98. The van der Waals surface area contributed by atoms with Crippen molar-refractivity contribution in [3.8, 4) is 0 Å². The average Bonchev–Trinajstić information content (AvgIpc) is 2.15. The van der Waals surface area contributed by atoms with Gasteiger partial charge < -0.3 is 5.32 Å². The van der Waals surface area contributed by atoms with E-state index in [1.54, 1.807) is 4.31 Å². The first-order valence-electron chi connectivity index (χ1n) is 6.34. The maximum atomic E-state index is 11.5. The number of rotatable bonds is 4. The van der Waals surface area contributed by atoms with Crippen LogP contribution in [0.15, 0.2) is 0 Å². The fourth-order valence-electron chi connectivity index (χ4n) is 2.15. The lowest BCUT2D eigenvalue weighted by Gasteiger charge is -2.31. The second-order valence-electron chi connectivity index (χ2n) is 6.32. The molecule has 0 bridgehead atoms. The van der Waals surface area contributed by atoms with Crippen molar-refractivity contribution >= 4 is 10.0 Å². The van der Waals surface area contributed by atoms with Gasteiger partial charge in [-0.25, -0.2) is 12.7 Å². The van der Waals surface area contributed by atoms with Crippen LogP contribution >= 0.6 is 0 Å². The van der Waals surface area contributed by atoms with Crippen LogP contribution in [-0.2, 0) is 10.0 Å². The largest absolute Gasteiger partial charge is 0.316 e. The number of sulfonamides is 1. The van der Waals surface area contributed by atoms with Crippen molar-refractivity contribution in [3.05, 3.63) is 0 Å². The maximum Gasteiger partial charge on any atom is 0.211 e. The molecule has 1 saturated heterocycles. The van der Waals surface area contributed by atoms with Gasteiger partial charge in [0.05, 0.1) is 6.26 Å². The summed E-state index contributed by atoms with van der Waals surface area (Å²) in [6.07, 6.45) is 3.41. The summed E-state index contributed by atoms with van der Waals surface area (Å²) in [6.45, 7) is 9.85. The molecule has 0 aromatic heterocycles. The molecule has 0 saturated carbocycles. The average molecular weight is 262 g/mol. The lowest BCUT2D eigenvalue weighted by molar-refractivity contribution is 0.252. The molecule has 1 fully saturated rings. The molecule has 0 radical (unpaired) electrons. The van der Waals surface area contributed by atoms with Gasteiger partial charge in [-0.05, 0) is 37.3 Å². The minimum Gasteiger partial charge on any atom is -0.316 e. The number of nitrogens with one attached hydrogen (secondary N) is 1. The SMILES string of the molecule is CC(C)(C)CNCC1CCCN(S(C)(=O)=O)C1. The molecule has 1 heterocycles. The van der Waals surface area contributed by atoms with Gasteiger partial charge in [0.25, 0.3) is 0 Å². The molecule has 1 rings (SSSR count). The molecule has 1 aliphatic heterocycles. The minimum absolute atomic E-state index is 0.283. The van der Waals surface area contributed by atoms with Crippen molar-refractivity contribution in [3.63, 3.8) is 0 Å². The lowest BCUT2D eigenvalue weighted by Crippen LogP contribution is -2.43. The molecule has 0 aromatic carbocycles. The molecule has 0 spiro atoms. The third-order valence-corrected chi connectivity index (χ3v) is 4.31. The molecular weight excluding hydrogens is 236 g/mol. The van der Waals surface area contributed by atoms with E-state index in [1.807, 2.05) is 0 Å². The molecule has 102 valence electrons. The zero-order valence-electron chi connectivity index (χ0n) is 11.5. The standard InChI is InChI=1S/C12H26N2O2S/c1-12(2,3)10-13-8-11-6-5-7-14(9-11)17(4,15)16/h11,13H,5-10H2,1-4H3. The van der Waals surface area contributed by atoms with Crippen molar-refractivity contribution in [2.24, 2.45) is 11.3 Å². The van der Waals surface area contributed by atoms with Gasteiger partial charge in [0.1, 0.15) is 0 Å². The Balaban J connectivity index is 2.36. The smallest absolute Gasteiger partial charge is 0.211 e. The van der Waals surface area contributed by atoms with Gasteiger partial charge in [0.15, 0.2) is 0 Å². The quantitative estimate of drug-likeness (QED) is 0.830. The molecule has 1 atom stereocenters. The van der Waals surface area contributed by atoms with Crippen LogP contribution in [0.25, 0.3) is 0 Å². The van der Waals surface area contributed by atoms with Gasteiger partial charge in [0.2, 0.25) is 10.0 Å². The molecule has 17 heavy (non-hydrogen) atoms. The topological polar surface area (TPSA) is 49.4 Å². The number of hydrogen-bond acceptors (Lipinski definition) is 3. The van der Waals surface area contributed by atoms with E-state index in [1.165, 1.54) is 6.26 Å². The van der Waals surface area contributed by atoms with Gasteiger partial charge >= 0.3 is 0 Å². The minimum atomic E-state index is -3.01. The summed E-state index contributed by atoms with van der Waals surface area (Å²) < 4.78 is 24.6. The molecular formula is C12H26N2O2S. The first kappa shape index (κ1) is 14.9. The van der Waals surface area contributed by atoms with Crippen LogP contribution < -0.4 is 5.32 Å². The summed E-state index contributed by atoms with van der Waals surface area (Å²) in [4.78, 5) is 0. The molecule has 0 aromatic rings. The fourth-order valence-corrected chi connectivity index (χ4v) is 3.09. The highest BCUT2D eigenvalue weighted by Crippen LogP contribution is 2.18. The van der Waals surface area contributed by atoms with Crippen LogP contribution in [0.2, 0.25) is 0 Å². The van der Waals surface area contributed by atoms with Crippen LogP contribution in [0.4, 0.5) is 0 Å². The second-order valence-corrected chi connectivity index (χ2v) is 8.30. The van der Waals surface area contributed by atoms with E-state index in [0.29, 0.717) is 19.0 Å². The Morgan fingerprint density at radius 2 is 2.00 bits per heavy atom. The van der Waals surface area contributed by atoms with Gasteiger partial charge in [-0.1, -0.05) is 20.8 Å². The zero-order chi connectivity index (χ0) is 13.1. The van der Waals surface area contributed by atoms with Crippen molar-refractivity contribution < 1.29 is 8.42 Å². The maximum absolute atomic E-state index is 11.5. The fraction of sp³-hybridized carbons (Fsp3) is 1.00.